The van der Waals surface area contributed by atoms with Crippen molar-refractivity contribution in [2.24, 2.45) is 7.05 Å². The molecule has 3 heterocycles. The molecule has 0 aromatic carbocycles. The first-order valence-electron chi connectivity index (χ1n) is 8.93. The summed E-state index contributed by atoms with van der Waals surface area (Å²) >= 11 is 0. The molecule has 0 bridgehead atoms. The minimum absolute atomic E-state index is 0.0530. The molecule has 1 amide bonds. The van der Waals surface area contributed by atoms with Gasteiger partial charge in [-0.05, 0) is 31.7 Å². The van der Waals surface area contributed by atoms with E-state index in [0.29, 0.717) is 11.6 Å². The standard InChI is InChI=1S/C18H27N3O3/c1-19-14-15(5-6-17(19)22)18(23)21-8-3-2-4-16(21)7-9-20-10-12-24-13-11-20/h5-6,14,16H,2-4,7-13H2,1H3/t16-/m1/s1. The zero-order valence-electron chi connectivity index (χ0n) is 14.4. The summed E-state index contributed by atoms with van der Waals surface area (Å²) in [6.45, 7) is 5.43. The highest BCUT2D eigenvalue weighted by Crippen LogP contribution is 2.22. The van der Waals surface area contributed by atoms with Crippen LogP contribution in [-0.2, 0) is 11.8 Å². The Labute approximate surface area is 143 Å². The molecule has 6 heteroatoms. The van der Waals surface area contributed by atoms with Crippen LogP contribution in [0.3, 0.4) is 0 Å². The van der Waals surface area contributed by atoms with Crippen molar-refractivity contribution in [2.75, 3.05) is 39.4 Å². The molecule has 0 spiro atoms. The minimum atomic E-state index is -0.0888. The van der Waals surface area contributed by atoms with Crippen LogP contribution in [0, 0.1) is 0 Å². The number of hydrogen-bond donors (Lipinski definition) is 0. The van der Waals surface area contributed by atoms with Gasteiger partial charge in [0, 0.05) is 51.5 Å². The molecule has 24 heavy (non-hydrogen) atoms. The Balaban J connectivity index is 1.65. The average molecular weight is 333 g/mol. The van der Waals surface area contributed by atoms with E-state index in [1.54, 1.807) is 19.3 Å². The Morgan fingerprint density at radius 2 is 2.00 bits per heavy atom. The third kappa shape index (κ3) is 4.05. The summed E-state index contributed by atoms with van der Waals surface area (Å²) in [5.41, 5.74) is 0.518. The number of amides is 1. The molecule has 2 saturated heterocycles. The lowest BCUT2D eigenvalue weighted by Crippen LogP contribution is -2.46. The van der Waals surface area contributed by atoms with Gasteiger partial charge in [-0.1, -0.05) is 0 Å². The molecule has 2 aliphatic rings. The number of rotatable bonds is 4. The van der Waals surface area contributed by atoms with Crippen molar-refractivity contribution in [3.8, 4) is 0 Å². The third-order valence-electron chi connectivity index (χ3n) is 5.10. The number of aryl methyl sites for hydroxylation is 1. The molecule has 0 saturated carbocycles. The van der Waals surface area contributed by atoms with E-state index < -0.39 is 0 Å². The van der Waals surface area contributed by atoms with Gasteiger partial charge in [-0.15, -0.1) is 0 Å². The number of ether oxygens (including phenoxy) is 1. The second-order valence-corrected chi connectivity index (χ2v) is 6.76. The van der Waals surface area contributed by atoms with E-state index in [1.165, 1.54) is 17.1 Å². The van der Waals surface area contributed by atoms with Crippen LogP contribution in [0.1, 0.15) is 36.0 Å². The Kier molecular flexibility index (Phi) is 5.68. The number of aromatic nitrogens is 1. The van der Waals surface area contributed by atoms with Gasteiger partial charge in [-0.25, -0.2) is 0 Å². The van der Waals surface area contributed by atoms with Gasteiger partial charge in [0.25, 0.3) is 5.91 Å². The number of carbonyl (C=O) groups is 1. The average Bonchev–Trinajstić information content (AvgIpc) is 2.63. The first kappa shape index (κ1) is 17.2. The van der Waals surface area contributed by atoms with E-state index in [0.717, 1.165) is 58.7 Å². The number of carbonyl (C=O) groups excluding carboxylic acids is 1. The monoisotopic (exact) mass is 333 g/mol. The second kappa shape index (κ2) is 7.94. The second-order valence-electron chi connectivity index (χ2n) is 6.76. The first-order chi connectivity index (χ1) is 11.6. The summed E-state index contributed by atoms with van der Waals surface area (Å²) in [4.78, 5) is 28.9. The molecule has 132 valence electrons. The lowest BCUT2D eigenvalue weighted by Gasteiger charge is -2.37. The number of pyridine rings is 1. The molecule has 0 unspecified atom stereocenters. The van der Waals surface area contributed by atoms with Gasteiger partial charge >= 0.3 is 0 Å². The molecule has 2 fully saturated rings. The number of morpholine rings is 1. The lowest BCUT2D eigenvalue weighted by molar-refractivity contribution is 0.0295. The van der Waals surface area contributed by atoms with Crippen LogP contribution in [-0.4, -0.2) is 65.7 Å². The van der Waals surface area contributed by atoms with E-state index in [-0.39, 0.29) is 11.5 Å². The van der Waals surface area contributed by atoms with Crippen molar-refractivity contribution in [1.29, 1.82) is 0 Å². The maximum absolute atomic E-state index is 12.9. The van der Waals surface area contributed by atoms with E-state index in [4.69, 9.17) is 4.74 Å². The van der Waals surface area contributed by atoms with Crippen LogP contribution >= 0.6 is 0 Å². The number of nitrogens with zero attached hydrogens (tertiary/aromatic N) is 3. The molecule has 1 aromatic heterocycles. The van der Waals surface area contributed by atoms with Gasteiger partial charge in [-0.3, -0.25) is 14.5 Å². The summed E-state index contributed by atoms with van der Waals surface area (Å²) in [6, 6.07) is 3.42. The molecular formula is C18H27N3O3. The smallest absolute Gasteiger partial charge is 0.255 e. The number of hydrogen-bond acceptors (Lipinski definition) is 4. The zero-order valence-corrected chi connectivity index (χ0v) is 14.4. The van der Waals surface area contributed by atoms with E-state index >= 15 is 0 Å². The molecule has 6 nitrogen and oxygen atoms in total. The van der Waals surface area contributed by atoms with E-state index in [1.807, 2.05) is 4.90 Å². The predicted octanol–water partition coefficient (Wildman–Crippen LogP) is 1.10. The van der Waals surface area contributed by atoms with Crippen molar-refractivity contribution in [3.05, 3.63) is 34.2 Å². The van der Waals surface area contributed by atoms with Gasteiger partial charge in [-0.2, -0.15) is 0 Å². The minimum Gasteiger partial charge on any atom is -0.379 e. The molecule has 1 atom stereocenters. The molecular weight excluding hydrogens is 306 g/mol. The summed E-state index contributed by atoms with van der Waals surface area (Å²) in [5.74, 6) is 0.0530. The third-order valence-corrected chi connectivity index (χ3v) is 5.10. The van der Waals surface area contributed by atoms with Crippen LogP contribution in [0.2, 0.25) is 0 Å². The van der Waals surface area contributed by atoms with E-state index in [2.05, 4.69) is 4.90 Å². The SMILES string of the molecule is Cn1cc(C(=O)N2CCCC[C@@H]2CCN2CCOCC2)ccc1=O. The summed E-state index contributed by atoms with van der Waals surface area (Å²) in [5, 5.41) is 0. The molecule has 0 N–H and O–H groups in total. The van der Waals surface area contributed by atoms with Gasteiger partial charge in [0.05, 0.1) is 18.8 Å². The van der Waals surface area contributed by atoms with Crippen molar-refractivity contribution in [1.82, 2.24) is 14.4 Å². The quantitative estimate of drug-likeness (QED) is 0.828. The fourth-order valence-corrected chi connectivity index (χ4v) is 3.61. The molecule has 0 radical (unpaired) electrons. The topological polar surface area (TPSA) is 54.8 Å². The zero-order chi connectivity index (χ0) is 16.9. The maximum atomic E-state index is 12.9. The molecule has 0 aliphatic carbocycles. The predicted molar refractivity (Wildman–Crippen MR) is 92.2 cm³/mol. The fourth-order valence-electron chi connectivity index (χ4n) is 3.61. The molecule has 1 aromatic rings. The highest BCUT2D eigenvalue weighted by atomic mass is 16.5. The van der Waals surface area contributed by atoms with Crippen LogP contribution in [0.5, 0.6) is 0 Å². The Morgan fingerprint density at radius 1 is 1.21 bits per heavy atom. The normalized spacial score (nSPS) is 22.5. The Morgan fingerprint density at radius 3 is 2.75 bits per heavy atom. The van der Waals surface area contributed by atoms with Crippen LogP contribution < -0.4 is 5.56 Å². The summed E-state index contributed by atoms with van der Waals surface area (Å²) in [6.07, 6.45) is 5.98. The highest BCUT2D eigenvalue weighted by Gasteiger charge is 2.28. The van der Waals surface area contributed by atoms with Gasteiger partial charge < -0.3 is 14.2 Å². The van der Waals surface area contributed by atoms with Crippen molar-refractivity contribution in [3.63, 3.8) is 0 Å². The first-order valence-corrected chi connectivity index (χ1v) is 8.93. The van der Waals surface area contributed by atoms with Gasteiger partial charge in [0.2, 0.25) is 5.56 Å². The Bertz CT molecular complexity index is 622. The fraction of sp³-hybridized carbons (Fsp3) is 0.667. The maximum Gasteiger partial charge on any atom is 0.255 e. The summed E-state index contributed by atoms with van der Waals surface area (Å²) in [7, 11) is 1.69. The van der Waals surface area contributed by atoms with Crippen LogP contribution in [0.4, 0.5) is 0 Å². The molecule has 3 rings (SSSR count). The summed E-state index contributed by atoms with van der Waals surface area (Å²) < 4.78 is 6.87. The van der Waals surface area contributed by atoms with Gasteiger partial charge in [0.15, 0.2) is 0 Å². The van der Waals surface area contributed by atoms with E-state index in [9.17, 15) is 9.59 Å². The largest absolute Gasteiger partial charge is 0.379 e. The van der Waals surface area contributed by atoms with Crippen molar-refractivity contribution in [2.45, 2.75) is 31.7 Å². The molecule has 2 aliphatic heterocycles. The van der Waals surface area contributed by atoms with Crippen LogP contribution in [0.15, 0.2) is 23.1 Å². The van der Waals surface area contributed by atoms with Crippen molar-refractivity contribution >= 4 is 5.91 Å². The Hall–Kier alpha value is -1.66. The van der Waals surface area contributed by atoms with Crippen LogP contribution in [0.25, 0.3) is 0 Å². The van der Waals surface area contributed by atoms with Crippen molar-refractivity contribution < 1.29 is 9.53 Å². The lowest BCUT2D eigenvalue weighted by atomic mass is 9.98. The van der Waals surface area contributed by atoms with Gasteiger partial charge in [0.1, 0.15) is 0 Å². The number of piperidine rings is 1. The highest BCUT2D eigenvalue weighted by molar-refractivity contribution is 5.94. The number of likely N-dealkylation sites (tertiary alicyclic amines) is 1.